The molecule has 0 spiro atoms. The summed E-state index contributed by atoms with van der Waals surface area (Å²) < 4.78 is 4.82. The molecule has 0 saturated heterocycles. The molecule has 7 rings (SSSR count). The number of para-hydroxylation sites is 1. The normalized spacial score (nSPS) is 17.9. The van der Waals surface area contributed by atoms with Crippen molar-refractivity contribution in [3.63, 3.8) is 0 Å². The number of hydrogen-bond acceptors (Lipinski definition) is 2. The predicted octanol–water partition coefficient (Wildman–Crippen LogP) is 4.95. The minimum Gasteiger partial charge on any atom is -0.245 e. The van der Waals surface area contributed by atoms with E-state index in [-0.39, 0.29) is 35.3 Å². The Kier molecular flexibility index (Phi) is 4.22. The molecule has 166 valence electrons. The van der Waals surface area contributed by atoms with E-state index < -0.39 is 0 Å². The topological polar surface area (TPSA) is 48.9 Å². The molecule has 0 saturated carbocycles. The SMILES string of the molecule is CC(C)c1cccc(C(C)C)c1-n1c(=O)n2n(c1=O)C1c3ccccc3C2c2ccccc21. The molecule has 0 atom stereocenters. The molecule has 3 aromatic carbocycles. The van der Waals surface area contributed by atoms with Crippen LogP contribution in [0.2, 0.25) is 0 Å². The molecule has 0 N–H and O–H groups in total. The molecule has 3 aliphatic rings. The van der Waals surface area contributed by atoms with E-state index in [1.54, 1.807) is 9.36 Å². The van der Waals surface area contributed by atoms with E-state index in [1.807, 2.05) is 42.5 Å². The quantitative estimate of drug-likeness (QED) is 0.393. The van der Waals surface area contributed by atoms with E-state index in [9.17, 15) is 9.59 Å². The van der Waals surface area contributed by atoms with Gasteiger partial charge in [-0.2, -0.15) is 0 Å². The van der Waals surface area contributed by atoms with Gasteiger partial charge in [0.25, 0.3) is 0 Å². The van der Waals surface area contributed by atoms with Crippen LogP contribution in [0.1, 0.15) is 85.0 Å². The number of hydrogen-bond donors (Lipinski definition) is 0. The van der Waals surface area contributed by atoms with Gasteiger partial charge in [-0.3, -0.25) is 0 Å². The van der Waals surface area contributed by atoms with Crippen LogP contribution in [0, 0.1) is 0 Å². The van der Waals surface area contributed by atoms with E-state index in [2.05, 4.69) is 52.0 Å². The van der Waals surface area contributed by atoms with Crippen LogP contribution in [0.25, 0.3) is 5.69 Å². The summed E-state index contributed by atoms with van der Waals surface area (Å²) in [6, 6.07) is 21.9. The Balaban J connectivity index is 1.74. The van der Waals surface area contributed by atoms with Gasteiger partial charge < -0.3 is 0 Å². The molecule has 1 aliphatic carbocycles. The number of nitrogens with zero attached hydrogens (tertiary/aromatic N) is 3. The van der Waals surface area contributed by atoms with Crippen molar-refractivity contribution in [2.24, 2.45) is 0 Å². The molecular formula is C28H27N3O2. The lowest BCUT2D eigenvalue weighted by molar-refractivity contribution is 0.350. The highest BCUT2D eigenvalue weighted by molar-refractivity contribution is 5.56. The molecular weight excluding hydrogens is 410 g/mol. The van der Waals surface area contributed by atoms with Crippen molar-refractivity contribution in [1.82, 2.24) is 13.9 Å². The van der Waals surface area contributed by atoms with Crippen molar-refractivity contribution in [3.05, 3.63) is 121 Å². The Bertz CT molecular complexity index is 1380. The first kappa shape index (κ1) is 20.0. The number of rotatable bonds is 3. The van der Waals surface area contributed by atoms with Crippen molar-refractivity contribution in [3.8, 4) is 5.69 Å². The summed E-state index contributed by atoms with van der Waals surface area (Å²) in [6.07, 6.45) is 0. The van der Waals surface area contributed by atoms with Gasteiger partial charge in [0.2, 0.25) is 0 Å². The van der Waals surface area contributed by atoms with E-state index in [0.29, 0.717) is 0 Å². The lowest BCUT2D eigenvalue weighted by atomic mass is 9.78. The summed E-state index contributed by atoms with van der Waals surface area (Å²) in [5.74, 6) is 0.357. The van der Waals surface area contributed by atoms with E-state index in [0.717, 1.165) is 39.1 Å². The summed E-state index contributed by atoms with van der Waals surface area (Å²) in [6.45, 7) is 8.43. The molecule has 0 amide bonds. The molecule has 3 heterocycles. The third-order valence-electron chi connectivity index (χ3n) is 7.23. The van der Waals surface area contributed by atoms with Gasteiger partial charge in [0, 0.05) is 0 Å². The zero-order chi connectivity index (χ0) is 23.0. The molecule has 2 aliphatic heterocycles. The summed E-state index contributed by atoms with van der Waals surface area (Å²) in [5.41, 5.74) is 6.65. The Morgan fingerprint density at radius 3 is 1.27 bits per heavy atom. The maximum absolute atomic E-state index is 14.1. The van der Waals surface area contributed by atoms with Gasteiger partial charge in [-0.1, -0.05) is 94.4 Å². The molecule has 33 heavy (non-hydrogen) atoms. The molecule has 5 heteroatoms. The fourth-order valence-electron chi connectivity index (χ4n) is 5.78. The summed E-state index contributed by atoms with van der Waals surface area (Å²) >= 11 is 0. The summed E-state index contributed by atoms with van der Waals surface area (Å²) in [7, 11) is 0. The first-order chi connectivity index (χ1) is 15.9. The second-order valence-corrected chi connectivity index (χ2v) is 9.75. The van der Waals surface area contributed by atoms with Crippen molar-refractivity contribution < 1.29 is 0 Å². The van der Waals surface area contributed by atoms with Crippen LogP contribution in [0.15, 0.2) is 76.3 Å². The minimum atomic E-state index is -0.308. The van der Waals surface area contributed by atoms with Crippen molar-refractivity contribution in [2.75, 3.05) is 0 Å². The van der Waals surface area contributed by atoms with Gasteiger partial charge in [-0.25, -0.2) is 23.5 Å². The van der Waals surface area contributed by atoms with Crippen LogP contribution < -0.4 is 11.4 Å². The zero-order valence-corrected chi connectivity index (χ0v) is 19.3. The molecule has 4 aromatic rings. The fraction of sp³-hybridized carbons (Fsp3) is 0.286. The predicted molar refractivity (Wildman–Crippen MR) is 130 cm³/mol. The molecule has 1 aromatic heterocycles. The Hall–Kier alpha value is -3.60. The van der Waals surface area contributed by atoms with E-state index >= 15 is 0 Å². The fourth-order valence-corrected chi connectivity index (χ4v) is 5.78. The third-order valence-corrected chi connectivity index (χ3v) is 7.23. The number of aromatic nitrogens is 3. The second kappa shape index (κ2) is 6.95. The van der Waals surface area contributed by atoms with Crippen LogP contribution in [0.3, 0.4) is 0 Å². The molecule has 0 radical (unpaired) electrons. The van der Waals surface area contributed by atoms with Crippen molar-refractivity contribution in [2.45, 2.75) is 51.6 Å². The smallest absolute Gasteiger partial charge is 0.245 e. The van der Waals surface area contributed by atoms with Gasteiger partial charge in [0.15, 0.2) is 0 Å². The minimum absolute atomic E-state index is 0.179. The standard InChI is InChI=1S/C28H27N3O2/c1-16(2)18-14-9-15-19(17(3)4)24(18)29-27(32)30-25-20-10-5-6-11-21(20)26(31(30)28(29)33)23-13-8-7-12-22(23)25/h5-17,25-26H,1-4H3. The molecule has 0 unspecified atom stereocenters. The molecule has 5 nitrogen and oxygen atoms in total. The number of benzene rings is 3. The van der Waals surface area contributed by atoms with Gasteiger partial charge in [0.05, 0.1) is 5.69 Å². The Morgan fingerprint density at radius 1 is 0.576 bits per heavy atom. The van der Waals surface area contributed by atoms with Crippen LogP contribution in [0.5, 0.6) is 0 Å². The average molecular weight is 438 g/mol. The summed E-state index contributed by atoms with van der Waals surface area (Å²) in [5, 5.41) is 0. The molecule has 0 fully saturated rings. The van der Waals surface area contributed by atoms with Gasteiger partial charge in [0.1, 0.15) is 12.1 Å². The lowest BCUT2D eigenvalue weighted by Crippen LogP contribution is -2.44. The van der Waals surface area contributed by atoms with Crippen LogP contribution >= 0.6 is 0 Å². The highest BCUT2D eigenvalue weighted by atomic mass is 16.2. The Morgan fingerprint density at radius 2 is 0.939 bits per heavy atom. The van der Waals surface area contributed by atoms with Crippen LogP contribution in [0.4, 0.5) is 0 Å². The van der Waals surface area contributed by atoms with Crippen molar-refractivity contribution >= 4 is 0 Å². The van der Waals surface area contributed by atoms with Crippen molar-refractivity contribution in [1.29, 1.82) is 0 Å². The van der Waals surface area contributed by atoms with E-state index in [1.165, 1.54) is 4.57 Å². The maximum atomic E-state index is 14.1. The maximum Gasteiger partial charge on any atom is 0.352 e. The molecule has 2 bridgehead atoms. The summed E-state index contributed by atoms with van der Waals surface area (Å²) in [4.78, 5) is 28.2. The van der Waals surface area contributed by atoms with Crippen LogP contribution in [-0.4, -0.2) is 13.9 Å². The average Bonchev–Trinajstić information content (AvgIpc) is 3.08. The largest absolute Gasteiger partial charge is 0.352 e. The van der Waals surface area contributed by atoms with Gasteiger partial charge in [-0.05, 0) is 45.2 Å². The monoisotopic (exact) mass is 437 g/mol. The van der Waals surface area contributed by atoms with Gasteiger partial charge >= 0.3 is 11.4 Å². The third kappa shape index (κ3) is 2.53. The first-order valence-electron chi connectivity index (χ1n) is 11.7. The first-order valence-corrected chi connectivity index (χ1v) is 11.7. The zero-order valence-electron chi connectivity index (χ0n) is 19.3. The van der Waals surface area contributed by atoms with E-state index in [4.69, 9.17) is 0 Å². The van der Waals surface area contributed by atoms with Gasteiger partial charge in [-0.15, -0.1) is 0 Å². The highest BCUT2D eigenvalue weighted by Crippen LogP contribution is 2.47. The van der Waals surface area contributed by atoms with Crippen LogP contribution in [-0.2, 0) is 0 Å². The highest BCUT2D eigenvalue weighted by Gasteiger charge is 2.44. The second-order valence-electron chi connectivity index (χ2n) is 9.75. The Labute approximate surface area is 192 Å². The lowest BCUT2D eigenvalue weighted by Gasteiger charge is -2.41.